The van der Waals surface area contributed by atoms with Crippen LogP contribution < -0.4 is 0 Å². The minimum Gasteiger partial charge on any atom is -0.462 e. The molecule has 83 heavy (non-hydrogen) atoms. The van der Waals surface area contributed by atoms with Crippen molar-refractivity contribution < 1.29 is 28.6 Å². The van der Waals surface area contributed by atoms with Gasteiger partial charge in [0.2, 0.25) is 0 Å². The van der Waals surface area contributed by atoms with Gasteiger partial charge in [0.25, 0.3) is 0 Å². The van der Waals surface area contributed by atoms with Crippen LogP contribution in [0.3, 0.4) is 0 Å². The molecule has 0 aliphatic heterocycles. The first-order valence-corrected chi connectivity index (χ1v) is 36.4. The van der Waals surface area contributed by atoms with Crippen molar-refractivity contribution in [2.24, 2.45) is 0 Å². The second-order valence-corrected chi connectivity index (χ2v) is 24.5. The third kappa shape index (κ3) is 69.5. The molecule has 1 unspecified atom stereocenters. The molecule has 0 bridgehead atoms. The van der Waals surface area contributed by atoms with Crippen LogP contribution in [0, 0.1) is 0 Å². The molecule has 0 amide bonds. The van der Waals surface area contributed by atoms with Crippen LogP contribution in [0.2, 0.25) is 0 Å². The Balaban J connectivity index is 4.22. The van der Waals surface area contributed by atoms with E-state index in [1.807, 2.05) is 0 Å². The monoisotopic (exact) mass is 1160 g/mol. The van der Waals surface area contributed by atoms with Crippen molar-refractivity contribution in [1.29, 1.82) is 0 Å². The highest BCUT2D eigenvalue weighted by Gasteiger charge is 2.19. The van der Waals surface area contributed by atoms with Crippen molar-refractivity contribution in [3.63, 3.8) is 0 Å². The van der Waals surface area contributed by atoms with Gasteiger partial charge >= 0.3 is 17.9 Å². The molecule has 0 aliphatic rings. The first-order valence-electron chi connectivity index (χ1n) is 36.4. The van der Waals surface area contributed by atoms with E-state index in [9.17, 15) is 14.4 Å². The third-order valence-corrected chi connectivity index (χ3v) is 16.2. The minimum atomic E-state index is -0.778. The van der Waals surface area contributed by atoms with E-state index in [1.54, 1.807) is 0 Å². The Kier molecular flexibility index (Phi) is 68.6. The molecule has 0 N–H and O–H groups in total. The number of allylic oxidation sites excluding steroid dienone is 12. The van der Waals surface area contributed by atoms with Crippen LogP contribution in [-0.2, 0) is 28.6 Å². The second kappa shape index (κ2) is 71.3. The van der Waals surface area contributed by atoms with Crippen LogP contribution in [0.25, 0.3) is 0 Å². The quantitative estimate of drug-likeness (QED) is 0.0261. The molecule has 0 aromatic heterocycles. The molecular formula is C77H138O6. The normalized spacial score (nSPS) is 12.5. The molecule has 6 heteroatoms. The predicted molar refractivity (Wildman–Crippen MR) is 362 cm³/mol. The van der Waals surface area contributed by atoms with Crippen molar-refractivity contribution in [1.82, 2.24) is 0 Å². The molecule has 0 spiro atoms. The average Bonchev–Trinajstić information content (AvgIpc) is 3.49. The molecular weight excluding hydrogens is 1020 g/mol. The maximum atomic E-state index is 12.9. The summed E-state index contributed by atoms with van der Waals surface area (Å²) in [5.74, 6) is -0.854. The molecule has 482 valence electrons. The summed E-state index contributed by atoms with van der Waals surface area (Å²) in [7, 11) is 0. The van der Waals surface area contributed by atoms with E-state index in [1.165, 1.54) is 244 Å². The fourth-order valence-electron chi connectivity index (χ4n) is 10.8. The van der Waals surface area contributed by atoms with E-state index >= 15 is 0 Å². The molecule has 0 saturated heterocycles. The third-order valence-electron chi connectivity index (χ3n) is 16.2. The average molecular weight is 1160 g/mol. The van der Waals surface area contributed by atoms with Crippen LogP contribution in [0.15, 0.2) is 72.9 Å². The van der Waals surface area contributed by atoms with Gasteiger partial charge in [-0.2, -0.15) is 0 Å². The van der Waals surface area contributed by atoms with Gasteiger partial charge in [0.1, 0.15) is 13.2 Å². The number of carbonyl (C=O) groups is 3. The van der Waals surface area contributed by atoms with E-state index in [4.69, 9.17) is 14.2 Å². The van der Waals surface area contributed by atoms with E-state index in [0.29, 0.717) is 19.3 Å². The molecule has 0 aliphatic carbocycles. The summed E-state index contributed by atoms with van der Waals surface area (Å²) in [5, 5.41) is 0. The lowest BCUT2D eigenvalue weighted by Gasteiger charge is -2.18. The van der Waals surface area contributed by atoms with Gasteiger partial charge in [-0.05, 0) is 89.9 Å². The molecule has 1 atom stereocenters. The van der Waals surface area contributed by atoms with Crippen molar-refractivity contribution >= 4 is 17.9 Å². The van der Waals surface area contributed by atoms with E-state index in [0.717, 1.165) is 96.3 Å². The zero-order valence-corrected chi connectivity index (χ0v) is 55.5. The fraction of sp³-hybridized carbons (Fsp3) is 0.805. The smallest absolute Gasteiger partial charge is 0.306 e. The Morgan fingerprint density at radius 2 is 0.470 bits per heavy atom. The Morgan fingerprint density at radius 3 is 0.759 bits per heavy atom. The summed E-state index contributed by atoms with van der Waals surface area (Å²) >= 11 is 0. The molecule has 0 rings (SSSR count). The molecule has 6 nitrogen and oxygen atoms in total. The second-order valence-electron chi connectivity index (χ2n) is 24.5. The topological polar surface area (TPSA) is 78.9 Å². The van der Waals surface area contributed by atoms with Crippen LogP contribution in [0.4, 0.5) is 0 Å². The highest BCUT2D eigenvalue weighted by molar-refractivity contribution is 5.71. The highest BCUT2D eigenvalue weighted by Crippen LogP contribution is 2.18. The van der Waals surface area contributed by atoms with E-state index < -0.39 is 6.10 Å². The summed E-state index contributed by atoms with van der Waals surface area (Å²) in [6, 6.07) is 0. The van der Waals surface area contributed by atoms with Gasteiger partial charge in [-0.1, -0.05) is 344 Å². The molecule has 0 aromatic carbocycles. The summed E-state index contributed by atoms with van der Waals surface area (Å²) in [4.78, 5) is 38.5. The lowest BCUT2D eigenvalue weighted by atomic mass is 10.0. The number of ether oxygens (including phenoxy) is 3. The molecule has 0 heterocycles. The fourth-order valence-corrected chi connectivity index (χ4v) is 10.8. The first kappa shape index (κ1) is 79.8. The van der Waals surface area contributed by atoms with Crippen LogP contribution >= 0.6 is 0 Å². The summed E-state index contributed by atoms with van der Waals surface area (Å²) < 4.78 is 17.0. The van der Waals surface area contributed by atoms with E-state index in [-0.39, 0.29) is 31.1 Å². The molecule has 0 saturated carbocycles. The van der Waals surface area contributed by atoms with Crippen LogP contribution in [0.5, 0.6) is 0 Å². The molecule has 0 radical (unpaired) electrons. The Labute approximate surface area is 516 Å². The summed E-state index contributed by atoms with van der Waals surface area (Å²) in [6.45, 7) is 6.56. The van der Waals surface area contributed by atoms with Crippen molar-refractivity contribution in [2.75, 3.05) is 13.2 Å². The standard InChI is InChI=1S/C77H138O6/c1-4-7-10-13-16-19-22-25-28-31-32-33-34-35-36-37-38-39-40-41-42-43-44-47-49-52-55-58-61-64-67-70-76(79)82-73-74(83-77(80)71-68-65-62-59-56-53-50-46-30-27-24-21-18-15-12-9-6-3)72-81-75(78)69-66-63-60-57-54-51-48-45-29-26-23-20-17-14-11-8-5-2/h7,10,16,18-19,21,25,27-28,30,32-33,74H,4-6,8-9,11-15,17,20,22-24,26,29,31,34-73H2,1-3H3/b10-7-,19-16-,21-18-,28-25-,30-27-,33-32-. The maximum Gasteiger partial charge on any atom is 0.306 e. The highest BCUT2D eigenvalue weighted by atomic mass is 16.6. The number of hydrogen-bond donors (Lipinski definition) is 0. The summed E-state index contributed by atoms with van der Waals surface area (Å²) in [6.07, 6.45) is 93.6. The van der Waals surface area contributed by atoms with E-state index in [2.05, 4.69) is 93.7 Å². The lowest BCUT2D eigenvalue weighted by Crippen LogP contribution is -2.30. The zero-order valence-electron chi connectivity index (χ0n) is 55.5. The number of carbonyl (C=O) groups excluding carboxylic acids is 3. The van der Waals surface area contributed by atoms with Gasteiger partial charge < -0.3 is 14.2 Å². The van der Waals surface area contributed by atoms with Gasteiger partial charge in [-0.15, -0.1) is 0 Å². The van der Waals surface area contributed by atoms with Gasteiger partial charge in [0.05, 0.1) is 0 Å². The van der Waals surface area contributed by atoms with Crippen LogP contribution in [-0.4, -0.2) is 37.2 Å². The predicted octanol–water partition coefficient (Wildman–Crippen LogP) is 25.2. The van der Waals surface area contributed by atoms with Crippen LogP contribution in [0.1, 0.15) is 380 Å². The van der Waals surface area contributed by atoms with Crippen molar-refractivity contribution in [3.05, 3.63) is 72.9 Å². The minimum absolute atomic E-state index is 0.0724. The summed E-state index contributed by atoms with van der Waals surface area (Å²) in [5.41, 5.74) is 0. The first-order chi connectivity index (χ1) is 41.0. The SMILES string of the molecule is CC/C=C\C/C=C\C/C=C\C/C=C\CCCCCCCCCCCCCCCCCCCCC(=O)OCC(COC(=O)CCCCCCCCCCCCCCCCCCC)OC(=O)CCCCCCCCC/C=C\C/C=C\CCCCC. The lowest BCUT2D eigenvalue weighted by molar-refractivity contribution is -0.167. The Bertz CT molecular complexity index is 1520. The maximum absolute atomic E-state index is 12.9. The molecule has 0 fully saturated rings. The van der Waals surface area contributed by atoms with Crippen molar-refractivity contribution in [3.8, 4) is 0 Å². The largest absolute Gasteiger partial charge is 0.462 e. The molecule has 0 aromatic rings. The zero-order chi connectivity index (χ0) is 59.9. The Hall–Kier alpha value is -3.15. The van der Waals surface area contributed by atoms with Crippen molar-refractivity contribution in [2.45, 2.75) is 386 Å². The number of rotatable bonds is 67. The van der Waals surface area contributed by atoms with Gasteiger partial charge in [-0.25, -0.2) is 0 Å². The van der Waals surface area contributed by atoms with Gasteiger partial charge in [0.15, 0.2) is 6.10 Å². The van der Waals surface area contributed by atoms with Gasteiger partial charge in [-0.3, -0.25) is 14.4 Å². The Morgan fingerprint density at radius 1 is 0.253 bits per heavy atom. The number of esters is 3. The number of hydrogen-bond acceptors (Lipinski definition) is 6. The van der Waals surface area contributed by atoms with Gasteiger partial charge in [0, 0.05) is 19.3 Å². The number of unbranched alkanes of at least 4 members (excludes halogenated alkanes) is 44.